The molecule has 1 spiro atoms. The minimum Gasteiger partial charge on any atom is -0.435 e. The molecule has 8 heteroatoms. The predicted molar refractivity (Wildman–Crippen MR) is 329 cm³/mol. The lowest BCUT2D eigenvalue weighted by atomic mass is 9.70. The van der Waals surface area contributed by atoms with Crippen molar-refractivity contribution in [1.82, 2.24) is 9.97 Å². The topological polar surface area (TPSA) is 58.5 Å². The lowest BCUT2D eigenvalue weighted by Gasteiger charge is -2.33. The number of oxazole rings is 2. The third-order valence-electron chi connectivity index (χ3n) is 16.5. The third kappa shape index (κ3) is 7.46. The van der Waals surface area contributed by atoms with Crippen LogP contribution in [0.4, 0.5) is 42.9 Å². The van der Waals surface area contributed by atoms with E-state index in [4.69, 9.17) is 18.8 Å². The second-order valence-corrected chi connectivity index (χ2v) is 21.0. The average molecular weight is 1070 g/mol. The van der Waals surface area contributed by atoms with Crippen LogP contribution in [0, 0.1) is 11.6 Å². The Morgan fingerprint density at radius 1 is 0.301 bits per heavy atom. The van der Waals surface area contributed by atoms with Gasteiger partial charge in [0, 0.05) is 33.6 Å². The van der Waals surface area contributed by atoms with E-state index < -0.39 is 17.0 Å². The molecular weight excluding hydrogens is 1030 g/mol. The summed E-state index contributed by atoms with van der Waals surface area (Å²) in [5.74, 6) is -0.0573. The van der Waals surface area contributed by atoms with E-state index in [0.717, 1.165) is 77.9 Å². The van der Waals surface area contributed by atoms with Crippen molar-refractivity contribution < 1.29 is 17.6 Å². The van der Waals surface area contributed by atoms with E-state index in [1.54, 1.807) is 12.1 Å². The number of aromatic nitrogens is 2. The maximum absolute atomic E-state index is 17.1. The molecule has 0 saturated heterocycles. The minimum atomic E-state index is -1.10. The number of nitrogens with zero attached hydrogens (tertiary/aromatic N) is 4. The van der Waals surface area contributed by atoms with Gasteiger partial charge in [-0.3, -0.25) is 0 Å². The van der Waals surface area contributed by atoms with E-state index in [0.29, 0.717) is 68.1 Å². The van der Waals surface area contributed by atoms with Crippen molar-refractivity contribution >= 4 is 56.3 Å². The SMILES string of the molecule is Fc1ccccc1N(c1ccc(-c2ccccc2)cc1)c1cc2c(c3oc(-c4ccccc4)nc13)-c1c(cc(N(c3ccc(-c4ccccc4)cc3)c3ccccc3F)c3nc(-c4ccccc4)oc13)C21c2ccccc2-c2ccccc21. The largest absolute Gasteiger partial charge is 0.435 e. The molecular formula is C75H46F2N4O2. The van der Waals surface area contributed by atoms with Crippen molar-refractivity contribution in [3.8, 4) is 67.4 Å². The number of hydrogen-bond acceptors (Lipinski definition) is 6. The second-order valence-electron chi connectivity index (χ2n) is 21.0. The summed E-state index contributed by atoms with van der Waals surface area (Å²) >= 11 is 0. The normalized spacial score (nSPS) is 12.6. The van der Waals surface area contributed by atoms with Crippen LogP contribution in [0.1, 0.15) is 22.3 Å². The number of benzene rings is 12. The molecule has 2 aromatic heterocycles. The Bertz CT molecular complexity index is 4510. The molecule has 14 aromatic rings. The van der Waals surface area contributed by atoms with E-state index in [-0.39, 0.29) is 0 Å². The summed E-state index contributed by atoms with van der Waals surface area (Å²) in [4.78, 5) is 14.9. The first-order chi connectivity index (χ1) is 41.0. The minimum absolute atomic E-state index is 0.327. The zero-order chi connectivity index (χ0) is 55.2. The van der Waals surface area contributed by atoms with Crippen LogP contribution >= 0.6 is 0 Å². The highest BCUT2D eigenvalue weighted by Gasteiger charge is 2.55. The van der Waals surface area contributed by atoms with Gasteiger partial charge in [-0.15, -0.1) is 0 Å². The van der Waals surface area contributed by atoms with Gasteiger partial charge in [0.1, 0.15) is 22.7 Å². The van der Waals surface area contributed by atoms with Crippen LogP contribution in [0.2, 0.25) is 0 Å². The third-order valence-corrected chi connectivity index (χ3v) is 16.5. The first-order valence-electron chi connectivity index (χ1n) is 27.7. The maximum Gasteiger partial charge on any atom is 0.227 e. The predicted octanol–water partition coefficient (Wildman–Crippen LogP) is 20.2. The maximum atomic E-state index is 17.1. The average Bonchev–Trinajstić information content (AvgIpc) is 2.09. The Morgan fingerprint density at radius 3 is 1.01 bits per heavy atom. The highest BCUT2D eigenvalue weighted by Crippen LogP contribution is 2.67. The van der Waals surface area contributed by atoms with Gasteiger partial charge in [-0.1, -0.05) is 194 Å². The zero-order valence-corrected chi connectivity index (χ0v) is 44.4. The first kappa shape index (κ1) is 48.0. The Balaban J connectivity index is 1.06. The molecule has 2 aliphatic carbocycles. The smallest absolute Gasteiger partial charge is 0.227 e. The van der Waals surface area contributed by atoms with Gasteiger partial charge in [-0.05, 0) is 141 Å². The molecule has 0 saturated carbocycles. The van der Waals surface area contributed by atoms with Crippen molar-refractivity contribution in [2.75, 3.05) is 9.80 Å². The summed E-state index contributed by atoms with van der Waals surface area (Å²) in [5.41, 5.74) is 17.2. The Kier molecular flexibility index (Phi) is 11.0. The summed E-state index contributed by atoms with van der Waals surface area (Å²) in [6, 6.07) is 91.9. The molecule has 0 bridgehead atoms. The number of rotatable bonds is 10. The summed E-state index contributed by atoms with van der Waals surface area (Å²) < 4.78 is 49.0. The molecule has 392 valence electrons. The number of halogens is 2. The number of para-hydroxylation sites is 2. The molecule has 0 aliphatic heterocycles. The lowest BCUT2D eigenvalue weighted by molar-refractivity contribution is 0.616. The van der Waals surface area contributed by atoms with Gasteiger partial charge in [0.25, 0.3) is 0 Å². The van der Waals surface area contributed by atoms with Crippen molar-refractivity contribution in [3.05, 3.63) is 313 Å². The van der Waals surface area contributed by atoms with E-state index >= 15 is 8.78 Å². The molecule has 6 nitrogen and oxygen atoms in total. The molecule has 16 rings (SSSR count). The Labute approximate surface area is 477 Å². The molecule has 0 unspecified atom stereocenters. The van der Waals surface area contributed by atoms with E-state index in [1.165, 1.54) is 12.1 Å². The fraction of sp³-hybridized carbons (Fsp3) is 0.0133. The summed E-state index contributed by atoms with van der Waals surface area (Å²) in [7, 11) is 0. The van der Waals surface area contributed by atoms with E-state index in [2.05, 4.69) is 109 Å². The number of anilines is 6. The van der Waals surface area contributed by atoms with Crippen LogP contribution in [-0.2, 0) is 5.41 Å². The van der Waals surface area contributed by atoms with Crippen LogP contribution in [0.5, 0.6) is 0 Å². The quantitative estimate of drug-likeness (QED) is 0.136. The lowest BCUT2D eigenvalue weighted by Crippen LogP contribution is -2.27. The van der Waals surface area contributed by atoms with Gasteiger partial charge >= 0.3 is 0 Å². The van der Waals surface area contributed by atoms with E-state index in [1.807, 2.05) is 155 Å². The summed E-state index contributed by atoms with van der Waals surface area (Å²) in [6.45, 7) is 0. The van der Waals surface area contributed by atoms with Gasteiger partial charge < -0.3 is 18.6 Å². The molecule has 0 fully saturated rings. The Morgan fingerprint density at radius 2 is 0.627 bits per heavy atom. The van der Waals surface area contributed by atoms with Gasteiger partial charge in [-0.2, -0.15) is 0 Å². The highest BCUT2D eigenvalue weighted by molar-refractivity contribution is 6.16. The zero-order valence-electron chi connectivity index (χ0n) is 44.4. The highest BCUT2D eigenvalue weighted by atomic mass is 19.1. The van der Waals surface area contributed by atoms with E-state index in [9.17, 15) is 0 Å². The van der Waals surface area contributed by atoms with Crippen molar-refractivity contribution in [2.24, 2.45) is 0 Å². The first-order valence-corrected chi connectivity index (χ1v) is 27.7. The standard InChI is InChI=1S/C75H46F2N4O2/c76-61-33-17-19-35-63(61)80(53-41-37-49(38-42-53)47-21-5-1-6-22-47)65-45-59-67(71-69(65)78-73(82-71)51-25-9-3-10-26-51)68-60(75(59)57-31-15-13-29-55(57)56-30-14-16-32-58(56)75)46-66(70-72(68)83-74(79-70)52-27-11-4-12-28-52)81(64-36-20-18-34-62(64)77)54-43-39-50(40-44-54)48-23-7-2-8-24-48/h1-46H. The summed E-state index contributed by atoms with van der Waals surface area (Å²) in [6.07, 6.45) is 0. The van der Waals surface area contributed by atoms with Gasteiger partial charge in [-0.25, -0.2) is 18.7 Å². The van der Waals surface area contributed by atoms with Gasteiger partial charge in [0.05, 0.1) is 28.2 Å². The van der Waals surface area contributed by atoms with Crippen molar-refractivity contribution in [2.45, 2.75) is 5.41 Å². The molecule has 2 aliphatic rings. The van der Waals surface area contributed by atoms with Crippen LogP contribution in [0.3, 0.4) is 0 Å². The summed E-state index contributed by atoms with van der Waals surface area (Å²) in [5, 5.41) is 0. The fourth-order valence-electron chi connectivity index (χ4n) is 12.9. The molecule has 83 heavy (non-hydrogen) atoms. The van der Waals surface area contributed by atoms with Crippen molar-refractivity contribution in [1.29, 1.82) is 0 Å². The van der Waals surface area contributed by atoms with Crippen LogP contribution in [-0.4, -0.2) is 9.97 Å². The monoisotopic (exact) mass is 1070 g/mol. The van der Waals surface area contributed by atoms with Crippen molar-refractivity contribution in [3.63, 3.8) is 0 Å². The molecule has 0 radical (unpaired) electrons. The van der Waals surface area contributed by atoms with Gasteiger partial charge in [0.2, 0.25) is 11.8 Å². The second kappa shape index (κ2) is 19.1. The fourth-order valence-corrected chi connectivity index (χ4v) is 12.9. The van der Waals surface area contributed by atoms with Crippen LogP contribution in [0.15, 0.2) is 288 Å². The Hall–Kier alpha value is -11.0. The number of fused-ring (bicyclic) bond motifs is 14. The van der Waals surface area contributed by atoms with Gasteiger partial charge in [0.15, 0.2) is 11.2 Å². The molecule has 12 aromatic carbocycles. The van der Waals surface area contributed by atoms with Crippen LogP contribution in [0.25, 0.3) is 89.6 Å². The molecule has 0 amide bonds. The molecule has 0 atom stereocenters. The molecule has 0 N–H and O–H groups in total. The molecule has 2 heterocycles. The number of hydrogen-bond donors (Lipinski definition) is 0. The van der Waals surface area contributed by atoms with Crippen LogP contribution < -0.4 is 9.80 Å².